The second-order valence-electron chi connectivity index (χ2n) is 4.07. The van der Waals surface area contributed by atoms with E-state index < -0.39 is 4.92 Å². The van der Waals surface area contributed by atoms with Gasteiger partial charge in [-0.2, -0.15) is 0 Å². The molecule has 0 radical (unpaired) electrons. The lowest BCUT2D eigenvalue weighted by Gasteiger charge is -2.09. The highest BCUT2D eigenvalue weighted by molar-refractivity contribution is 6.37. The molecule has 0 aliphatic rings. The van der Waals surface area contributed by atoms with Gasteiger partial charge in [0.2, 0.25) is 0 Å². The van der Waals surface area contributed by atoms with Gasteiger partial charge < -0.3 is 10.4 Å². The zero-order valence-electron chi connectivity index (χ0n) is 10.1. The molecule has 2 aromatic carbocycles. The largest absolute Gasteiger partial charge is 0.505 e. The molecule has 0 saturated heterocycles. The summed E-state index contributed by atoms with van der Waals surface area (Å²) in [5, 5.41) is 23.4. The van der Waals surface area contributed by atoms with Crippen molar-refractivity contribution in [2.75, 3.05) is 5.32 Å². The van der Waals surface area contributed by atoms with Crippen molar-refractivity contribution in [1.82, 2.24) is 0 Å². The number of hydrogen-bond donors (Lipinski definition) is 2. The summed E-state index contributed by atoms with van der Waals surface area (Å²) in [7, 11) is 0. The van der Waals surface area contributed by atoms with Gasteiger partial charge in [-0.15, -0.1) is 0 Å². The van der Waals surface area contributed by atoms with Crippen LogP contribution >= 0.6 is 23.2 Å². The molecule has 0 unspecified atom stereocenters. The van der Waals surface area contributed by atoms with E-state index in [0.717, 1.165) is 5.56 Å². The van der Waals surface area contributed by atoms with Gasteiger partial charge in [-0.25, -0.2) is 0 Å². The van der Waals surface area contributed by atoms with Crippen LogP contribution in [0.25, 0.3) is 0 Å². The van der Waals surface area contributed by atoms with E-state index in [0.29, 0.717) is 12.2 Å². The molecule has 0 amide bonds. The summed E-state index contributed by atoms with van der Waals surface area (Å²) >= 11 is 11.6. The predicted molar refractivity (Wildman–Crippen MR) is 78.5 cm³/mol. The maximum absolute atomic E-state index is 10.5. The zero-order chi connectivity index (χ0) is 14.7. The van der Waals surface area contributed by atoms with Crippen molar-refractivity contribution in [1.29, 1.82) is 0 Å². The molecule has 5 nitrogen and oxygen atoms in total. The number of nitrogens with one attached hydrogen (secondary N) is 1. The fourth-order valence-electron chi connectivity index (χ4n) is 1.61. The Kier molecular flexibility index (Phi) is 4.32. The Labute approximate surface area is 124 Å². The third-order valence-corrected chi connectivity index (χ3v) is 3.24. The van der Waals surface area contributed by atoms with Crippen LogP contribution in [0.3, 0.4) is 0 Å². The van der Waals surface area contributed by atoms with E-state index in [1.807, 2.05) is 0 Å². The predicted octanol–water partition coefficient (Wildman–Crippen LogP) is 4.22. The molecule has 0 saturated carbocycles. The van der Waals surface area contributed by atoms with E-state index in [-0.39, 0.29) is 21.5 Å². The molecule has 104 valence electrons. The molecule has 0 aliphatic carbocycles. The molecule has 2 rings (SSSR count). The quantitative estimate of drug-likeness (QED) is 0.503. The Morgan fingerprint density at radius 3 is 2.20 bits per heavy atom. The number of nitro groups is 1. The summed E-state index contributed by atoms with van der Waals surface area (Å²) in [6.45, 7) is 0.454. The topological polar surface area (TPSA) is 75.4 Å². The van der Waals surface area contributed by atoms with Crippen molar-refractivity contribution in [2.24, 2.45) is 0 Å². The fourth-order valence-corrected chi connectivity index (χ4v) is 2.09. The first-order valence-corrected chi connectivity index (χ1v) is 6.38. The molecule has 2 aromatic rings. The monoisotopic (exact) mass is 312 g/mol. The van der Waals surface area contributed by atoms with Crippen molar-refractivity contribution >= 4 is 34.6 Å². The van der Waals surface area contributed by atoms with Gasteiger partial charge in [-0.1, -0.05) is 35.3 Å². The van der Waals surface area contributed by atoms with Crippen LogP contribution in [0.1, 0.15) is 5.56 Å². The second kappa shape index (κ2) is 5.98. The molecule has 0 spiro atoms. The van der Waals surface area contributed by atoms with Gasteiger partial charge in [-0.05, 0) is 17.7 Å². The van der Waals surface area contributed by atoms with Gasteiger partial charge in [-0.3, -0.25) is 10.1 Å². The van der Waals surface area contributed by atoms with Crippen LogP contribution in [0.15, 0.2) is 36.4 Å². The minimum absolute atomic E-state index is 0.0458. The Hall–Kier alpha value is -1.98. The van der Waals surface area contributed by atoms with Crippen molar-refractivity contribution in [2.45, 2.75) is 6.54 Å². The lowest BCUT2D eigenvalue weighted by molar-refractivity contribution is -0.384. The third-order valence-electron chi connectivity index (χ3n) is 2.66. The Morgan fingerprint density at radius 1 is 1.15 bits per heavy atom. The highest BCUT2D eigenvalue weighted by Gasteiger charge is 2.07. The molecule has 0 fully saturated rings. The number of nitro benzene ring substituents is 1. The lowest BCUT2D eigenvalue weighted by Crippen LogP contribution is -1.99. The van der Waals surface area contributed by atoms with Crippen LogP contribution in [0.2, 0.25) is 10.0 Å². The third kappa shape index (κ3) is 3.31. The van der Waals surface area contributed by atoms with E-state index in [4.69, 9.17) is 23.2 Å². The van der Waals surface area contributed by atoms with Crippen molar-refractivity contribution in [3.8, 4) is 5.75 Å². The number of hydrogen-bond acceptors (Lipinski definition) is 4. The zero-order valence-corrected chi connectivity index (χ0v) is 11.6. The van der Waals surface area contributed by atoms with Gasteiger partial charge in [0.15, 0.2) is 5.75 Å². The number of aromatic hydroxyl groups is 1. The molecule has 0 heterocycles. The molecular weight excluding hydrogens is 303 g/mol. The van der Waals surface area contributed by atoms with Crippen molar-refractivity contribution < 1.29 is 10.0 Å². The standard InChI is InChI=1S/C13H10Cl2N2O3/c14-11-5-9(6-12(15)13(11)18)16-7-8-1-3-10(4-2-8)17(19)20/h1-6,16,18H,7H2. The smallest absolute Gasteiger partial charge is 0.269 e. The normalized spacial score (nSPS) is 10.3. The average Bonchev–Trinajstić information content (AvgIpc) is 2.42. The van der Waals surface area contributed by atoms with Gasteiger partial charge in [0.25, 0.3) is 5.69 Å². The number of halogens is 2. The molecule has 0 aromatic heterocycles. The highest BCUT2D eigenvalue weighted by atomic mass is 35.5. The van der Waals surface area contributed by atoms with Crippen LogP contribution in [0, 0.1) is 10.1 Å². The number of anilines is 1. The number of non-ortho nitro benzene ring substituents is 1. The van der Waals surface area contributed by atoms with Crippen LogP contribution < -0.4 is 5.32 Å². The van der Waals surface area contributed by atoms with E-state index in [1.54, 1.807) is 24.3 Å². The maximum Gasteiger partial charge on any atom is 0.269 e. The van der Waals surface area contributed by atoms with Crippen LogP contribution in [-0.2, 0) is 6.54 Å². The lowest BCUT2D eigenvalue weighted by atomic mass is 10.2. The molecule has 20 heavy (non-hydrogen) atoms. The summed E-state index contributed by atoms with van der Waals surface area (Å²) in [6.07, 6.45) is 0. The van der Waals surface area contributed by atoms with Gasteiger partial charge in [0.1, 0.15) is 0 Å². The van der Waals surface area contributed by atoms with Crippen molar-refractivity contribution in [3.63, 3.8) is 0 Å². The first kappa shape index (κ1) is 14.4. The molecule has 0 bridgehead atoms. The summed E-state index contributed by atoms with van der Waals surface area (Å²) in [5.74, 6) is -0.158. The number of phenols is 1. The fraction of sp³-hybridized carbons (Fsp3) is 0.0769. The number of phenolic OH excluding ortho intramolecular Hbond substituents is 1. The van der Waals surface area contributed by atoms with E-state index in [1.165, 1.54) is 12.1 Å². The summed E-state index contributed by atoms with van der Waals surface area (Å²) < 4.78 is 0. The molecule has 7 heteroatoms. The van der Waals surface area contributed by atoms with E-state index in [9.17, 15) is 15.2 Å². The SMILES string of the molecule is O=[N+]([O-])c1ccc(CNc2cc(Cl)c(O)c(Cl)c2)cc1. The molecular formula is C13H10Cl2N2O3. The van der Waals surface area contributed by atoms with Gasteiger partial charge in [0, 0.05) is 24.4 Å². The molecule has 0 aliphatic heterocycles. The minimum Gasteiger partial charge on any atom is -0.505 e. The first-order valence-electron chi connectivity index (χ1n) is 5.62. The Bertz CT molecular complexity index is 622. The Morgan fingerprint density at radius 2 is 1.70 bits per heavy atom. The van der Waals surface area contributed by atoms with Crippen LogP contribution in [-0.4, -0.2) is 10.0 Å². The first-order chi connectivity index (χ1) is 9.47. The van der Waals surface area contributed by atoms with E-state index in [2.05, 4.69) is 5.32 Å². The molecule has 0 atom stereocenters. The van der Waals surface area contributed by atoms with Crippen LogP contribution in [0.4, 0.5) is 11.4 Å². The number of rotatable bonds is 4. The number of nitrogens with zero attached hydrogens (tertiary/aromatic N) is 1. The second-order valence-corrected chi connectivity index (χ2v) is 4.88. The number of benzene rings is 2. The average molecular weight is 313 g/mol. The highest BCUT2D eigenvalue weighted by Crippen LogP contribution is 2.34. The summed E-state index contributed by atoms with van der Waals surface area (Å²) in [4.78, 5) is 10.1. The van der Waals surface area contributed by atoms with Crippen molar-refractivity contribution in [3.05, 3.63) is 62.1 Å². The van der Waals surface area contributed by atoms with Gasteiger partial charge in [0.05, 0.1) is 15.0 Å². The minimum atomic E-state index is -0.448. The molecule has 2 N–H and O–H groups in total. The Balaban J connectivity index is 2.07. The summed E-state index contributed by atoms with van der Waals surface area (Å²) in [6, 6.07) is 9.30. The van der Waals surface area contributed by atoms with Crippen LogP contribution in [0.5, 0.6) is 5.75 Å². The van der Waals surface area contributed by atoms with E-state index >= 15 is 0 Å². The maximum atomic E-state index is 10.5. The summed E-state index contributed by atoms with van der Waals surface area (Å²) in [5.41, 5.74) is 1.57. The van der Waals surface area contributed by atoms with Gasteiger partial charge >= 0.3 is 0 Å².